The van der Waals surface area contributed by atoms with Crippen LogP contribution >= 0.6 is 39.7 Å². The molecule has 0 aliphatic carbocycles. The minimum Gasteiger partial charge on any atom is -0.317 e. The van der Waals surface area contributed by atoms with Crippen LogP contribution in [0.15, 0.2) is 76.9 Å². The minimum absolute atomic E-state index is 0.00695. The topological polar surface area (TPSA) is 54.3 Å². The SMILES string of the molecule is O=C1NC(=S)N(c2cccc(Br)c2)C(=O)/C1=C/c1cccn1-c1ccc(Cl)cc1. The van der Waals surface area contributed by atoms with Crippen LogP contribution in [0.4, 0.5) is 5.69 Å². The van der Waals surface area contributed by atoms with E-state index in [4.69, 9.17) is 23.8 Å². The third kappa shape index (κ3) is 3.89. The lowest BCUT2D eigenvalue weighted by atomic mass is 10.1. The number of nitrogens with one attached hydrogen (secondary N) is 1. The van der Waals surface area contributed by atoms with Gasteiger partial charge in [-0.25, -0.2) is 0 Å². The Morgan fingerprint density at radius 2 is 1.76 bits per heavy atom. The van der Waals surface area contributed by atoms with E-state index in [1.54, 1.807) is 36.4 Å². The molecule has 144 valence electrons. The van der Waals surface area contributed by atoms with Gasteiger partial charge in [-0.05, 0) is 72.9 Å². The number of anilines is 1. The number of hydrogen-bond acceptors (Lipinski definition) is 3. The molecule has 2 heterocycles. The van der Waals surface area contributed by atoms with Crippen LogP contribution in [-0.2, 0) is 9.59 Å². The fourth-order valence-electron chi connectivity index (χ4n) is 3.00. The number of carbonyl (C=O) groups excluding carboxylic acids is 2. The number of thiocarbonyl (C=S) groups is 1. The molecule has 29 heavy (non-hydrogen) atoms. The van der Waals surface area contributed by atoms with E-state index in [0.717, 1.165) is 10.2 Å². The molecule has 0 radical (unpaired) electrons. The fourth-order valence-corrected chi connectivity index (χ4v) is 3.80. The van der Waals surface area contributed by atoms with E-state index in [9.17, 15) is 9.59 Å². The van der Waals surface area contributed by atoms with Gasteiger partial charge in [0, 0.05) is 27.1 Å². The predicted molar refractivity (Wildman–Crippen MR) is 121 cm³/mol. The molecule has 8 heteroatoms. The van der Waals surface area contributed by atoms with Crippen molar-refractivity contribution in [2.24, 2.45) is 0 Å². The van der Waals surface area contributed by atoms with E-state index in [2.05, 4.69) is 21.2 Å². The van der Waals surface area contributed by atoms with Crippen molar-refractivity contribution in [3.05, 3.63) is 87.6 Å². The molecule has 0 unspecified atom stereocenters. The van der Waals surface area contributed by atoms with Gasteiger partial charge in [0.15, 0.2) is 5.11 Å². The van der Waals surface area contributed by atoms with Gasteiger partial charge >= 0.3 is 0 Å². The van der Waals surface area contributed by atoms with Crippen LogP contribution in [0, 0.1) is 0 Å². The summed E-state index contributed by atoms with van der Waals surface area (Å²) in [6.45, 7) is 0. The van der Waals surface area contributed by atoms with Crippen LogP contribution < -0.4 is 10.2 Å². The number of amides is 2. The number of nitrogens with zero attached hydrogens (tertiary/aromatic N) is 2. The zero-order valence-electron chi connectivity index (χ0n) is 14.8. The highest BCUT2D eigenvalue weighted by Crippen LogP contribution is 2.25. The normalized spacial score (nSPS) is 15.7. The zero-order valence-corrected chi connectivity index (χ0v) is 18.0. The van der Waals surface area contributed by atoms with Crippen molar-refractivity contribution in [1.29, 1.82) is 0 Å². The Kier molecular flexibility index (Phi) is 5.36. The number of benzene rings is 2. The Morgan fingerprint density at radius 1 is 1.00 bits per heavy atom. The minimum atomic E-state index is -0.532. The molecule has 0 bridgehead atoms. The molecular formula is C21H13BrClN3O2S. The zero-order chi connectivity index (χ0) is 20.5. The van der Waals surface area contributed by atoms with Crippen LogP contribution in [0.25, 0.3) is 11.8 Å². The molecule has 1 aliphatic heterocycles. The summed E-state index contributed by atoms with van der Waals surface area (Å²) >= 11 is 14.6. The van der Waals surface area contributed by atoms with Gasteiger partial charge in [0.25, 0.3) is 11.8 Å². The lowest BCUT2D eigenvalue weighted by Gasteiger charge is -2.29. The van der Waals surface area contributed by atoms with E-state index in [1.165, 1.54) is 4.90 Å². The summed E-state index contributed by atoms with van der Waals surface area (Å²) in [6, 6.07) is 18.1. The van der Waals surface area contributed by atoms with Crippen LogP contribution in [0.1, 0.15) is 5.69 Å². The molecular weight excluding hydrogens is 474 g/mol. The van der Waals surface area contributed by atoms with Gasteiger partial charge in [0.05, 0.1) is 5.69 Å². The van der Waals surface area contributed by atoms with Crippen LogP contribution in [0.2, 0.25) is 5.02 Å². The Bertz CT molecular complexity index is 1170. The van der Waals surface area contributed by atoms with Gasteiger partial charge in [-0.2, -0.15) is 0 Å². The second-order valence-electron chi connectivity index (χ2n) is 6.22. The average Bonchev–Trinajstić information content (AvgIpc) is 3.14. The van der Waals surface area contributed by atoms with Crippen molar-refractivity contribution in [2.45, 2.75) is 0 Å². The lowest BCUT2D eigenvalue weighted by molar-refractivity contribution is -0.122. The van der Waals surface area contributed by atoms with E-state index >= 15 is 0 Å². The van der Waals surface area contributed by atoms with Crippen LogP contribution in [0.5, 0.6) is 0 Å². The first-order valence-corrected chi connectivity index (χ1v) is 10.1. The molecule has 0 spiro atoms. The fraction of sp³-hybridized carbons (Fsp3) is 0. The third-order valence-corrected chi connectivity index (χ3v) is 5.38. The van der Waals surface area contributed by atoms with E-state index < -0.39 is 11.8 Å². The largest absolute Gasteiger partial charge is 0.317 e. The average molecular weight is 487 g/mol. The Labute approximate surface area is 185 Å². The summed E-state index contributed by atoms with van der Waals surface area (Å²) in [7, 11) is 0. The van der Waals surface area contributed by atoms with Crippen LogP contribution in [-0.4, -0.2) is 21.5 Å². The summed E-state index contributed by atoms with van der Waals surface area (Å²) < 4.78 is 2.66. The smallest absolute Gasteiger partial charge is 0.270 e. The van der Waals surface area contributed by atoms with Gasteiger partial charge in [0.2, 0.25) is 0 Å². The number of aromatic nitrogens is 1. The number of halogens is 2. The molecule has 2 amide bonds. The van der Waals surface area contributed by atoms with Crippen LogP contribution in [0.3, 0.4) is 0 Å². The Morgan fingerprint density at radius 3 is 2.48 bits per heavy atom. The van der Waals surface area contributed by atoms with Gasteiger partial charge in [-0.15, -0.1) is 0 Å². The maximum Gasteiger partial charge on any atom is 0.270 e. The maximum absolute atomic E-state index is 13.1. The molecule has 1 aromatic heterocycles. The summed E-state index contributed by atoms with van der Waals surface area (Å²) in [4.78, 5) is 27.0. The van der Waals surface area contributed by atoms with Gasteiger partial charge in [-0.3, -0.25) is 19.8 Å². The quantitative estimate of drug-likeness (QED) is 0.331. The predicted octanol–water partition coefficient (Wildman–Crippen LogP) is 4.72. The van der Waals surface area contributed by atoms with Crippen molar-refractivity contribution in [3.8, 4) is 5.69 Å². The third-order valence-electron chi connectivity index (χ3n) is 4.35. The van der Waals surface area contributed by atoms with Gasteiger partial charge in [-0.1, -0.05) is 33.6 Å². The molecule has 0 saturated carbocycles. The Hall–Kier alpha value is -2.74. The molecule has 1 fully saturated rings. The Balaban J connectivity index is 1.75. The van der Waals surface area contributed by atoms with Gasteiger partial charge < -0.3 is 4.57 Å². The number of hydrogen-bond donors (Lipinski definition) is 1. The second-order valence-corrected chi connectivity index (χ2v) is 7.96. The number of rotatable bonds is 3. The first-order valence-electron chi connectivity index (χ1n) is 8.54. The highest BCUT2D eigenvalue weighted by molar-refractivity contribution is 9.10. The summed E-state index contributed by atoms with van der Waals surface area (Å²) in [5.74, 6) is -1.02. The van der Waals surface area contributed by atoms with Crippen molar-refractivity contribution < 1.29 is 9.59 Å². The second kappa shape index (κ2) is 7.94. The molecule has 1 saturated heterocycles. The molecule has 2 aromatic carbocycles. The highest BCUT2D eigenvalue weighted by Gasteiger charge is 2.34. The van der Waals surface area contributed by atoms with Crippen molar-refractivity contribution in [2.75, 3.05) is 4.90 Å². The first-order chi connectivity index (χ1) is 13.9. The summed E-state index contributed by atoms with van der Waals surface area (Å²) in [6.07, 6.45) is 3.40. The standard InChI is InChI=1S/C21H13BrClN3O2S/c22-13-3-1-4-17(11-13)26-20(28)18(19(27)24-21(26)29)12-16-5-2-10-25(16)15-8-6-14(23)7-9-15/h1-12H,(H,24,27,29)/b18-12+. The van der Waals surface area contributed by atoms with Crippen molar-refractivity contribution in [1.82, 2.24) is 9.88 Å². The molecule has 0 atom stereocenters. The van der Waals surface area contributed by atoms with E-state index in [-0.39, 0.29) is 10.7 Å². The van der Waals surface area contributed by atoms with E-state index in [0.29, 0.717) is 16.4 Å². The van der Waals surface area contributed by atoms with E-state index in [1.807, 2.05) is 41.1 Å². The summed E-state index contributed by atoms with van der Waals surface area (Å²) in [5, 5.41) is 3.26. The first kappa shape index (κ1) is 19.6. The number of carbonyl (C=O) groups is 2. The molecule has 5 nitrogen and oxygen atoms in total. The maximum atomic E-state index is 13.1. The molecule has 1 aliphatic rings. The molecule has 1 N–H and O–H groups in total. The van der Waals surface area contributed by atoms with Gasteiger partial charge in [0.1, 0.15) is 5.57 Å². The highest BCUT2D eigenvalue weighted by atomic mass is 79.9. The van der Waals surface area contributed by atoms with Crippen molar-refractivity contribution in [3.63, 3.8) is 0 Å². The lowest BCUT2D eigenvalue weighted by Crippen LogP contribution is -2.54. The van der Waals surface area contributed by atoms with Crippen molar-refractivity contribution >= 4 is 68.4 Å². The molecule has 4 rings (SSSR count). The monoisotopic (exact) mass is 485 g/mol. The summed E-state index contributed by atoms with van der Waals surface area (Å²) in [5.41, 5.74) is 2.09. The molecule has 3 aromatic rings.